The quantitative estimate of drug-likeness (QED) is 0.262. The molecule has 1 N–H and O–H groups in total. The molecule has 3 aliphatic rings. The van der Waals surface area contributed by atoms with Crippen molar-refractivity contribution in [3.05, 3.63) is 54.6 Å². The summed E-state index contributed by atoms with van der Waals surface area (Å²) in [6, 6.07) is 4.24. The molecule has 3 unspecified atom stereocenters. The number of aliphatic hydroxyl groups excluding tert-OH is 1. The van der Waals surface area contributed by atoms with Gasteiger partial charge in [-0.3, -0.25) is 14.4 Å². The van der Waals surface area contributed by atoms with Crippen LogP contribution in [0, 0.1) is 25.7 Å². The van der Waals surface area contributed by atoms with Crippen molar-refractivity contribution >= 4 is 39.4 Å². The van der Waals surface area contributed by atoms with Gasteiger partial charge in [-0.15, -0.1) is 6.58 Å². The van der Waals surface area contributed by atoms with Crippen LogP contribution in [0.4, 0.5) is 5.69 Å². The van der Waals surface area contributed by atoms with Crippen molar-refractivity contribution in [2.45, 2.75) is 62.2 Å². The summed E-state index contributed by atoms with van der Waals surface area (Å²) in [5.74, 6) is -2.98. The van der Waals surface area contributed by atoms with Crippen molar-refractivity contribution in [1.29, 1.82) is 0 Å². The predicted molar refractivity (Wildman–Crippen MR) is 143 cm³/mol. The minimum atomic E-state index is -1.23. The number of likely N-dealkylation sites (tertiary alicyclic amines) is 1. The summed E-state index contributed by atoms with van der Waals surface area (Å²) < 4.78 is 11.9. The summed E-state index contributed by atoms with van der Waals surface area (Å²) in [7, 11) is 0. The van der Waals surface area contributed by atoms with Gasteiger partial charge in [0, 0.05) is 17.1 Å². The van der Waals surface area contributed by atoms with Gasteiger partial charge in [0.05, 0.1) is 30.6 Å². The Labute approximate surface area is 226 Å². The maximum Gasteiger partial charge on any atom is 0.312 e. The fourth-order valence-electron chi connectivity index (χ4n) is 6.25. The number of halogens is 1. The zero-order valence-corrected chi connectivity index (χ0v) is 23.1. The monoisotopic (exact) mass is 574 g/mol. The Morgan fingerprint density at radius 1 is 1.35 bits per heavy atom. The van der Waals surface area contributed by atoms with Crippen LogP contribution in [-0.2, 0) is 23.9 Å². The van der Waals surface area contributed by atoms with Crippen LogP contribution in [0.25, 0.3) is 0 Å². The SMILES string of the molecule is C=CCOC(=O)[C@H]1[C@@H]2OC3(CC2Br)C(C(=O)N(CC=C)c2cc(C)ccc2C)N([C@@H](CC)CO)C(=O)[C@H]13. The van der Waals surface area contributed by atoms with Gasteiger partial charge in [0.15, 0.2) is 0 Å². The lowest BCUT2D eigenvalue weighted by atomic mass is 9.70. The third-order valence-corrected chi connectivity index (χ3v) is 8.73. The fourth-order valence-corrected chi connectivity index (χ4v) is 7.20. The van der Waals surface area contributed by atoms with E-state index in [4.69, 9.17) is 9.47 Å². The molecule has 0 aliphatic carbocycles. The van der Waals surface area contributed by atoms with Crippen LogP contribution >= 0.6 is 15.9 Å². The molecule has 200 valence electrons. The third-order valence-electron chi connectivity index (χ3n) is 7.89. The highest BCUT2D eigenvalue weighted by Crippen LogP contribution is 2.61. The van der Waals surface area contributed by atoms with Crippen molar-refractivity contribution < 1.29 is 29.0 Å². The number of alkyl halides is 1. The van der Waals surface area contributed by atoms with Gasteiger partial charge in [-0.25, -0.2) is 0 Å². The first-order chi connectivity index (χ1) is 17.7. The molecule has 8 nitrogen and oxygen atoms in total. The number of aliphatic hydroxyl groups is 1. The summed E-state index contributed by atoms with van der Waals surface area (Å²) >= 11 is 3.65. The number of benzene rings is 1. The lowest BCUT2D eigenvalue weighted by molar-refractivity contribution is -0.154. The Hall–Kier alpha value is -2.49. The number of esters is 1. The van der Waals surface area contributed by atoms with Crippen LogP contribution in [-0.4, -0.2) is 76.2 Å². The fraction of sp³-hybridized carbons (Fsp3) is 0.536. The van der Waals surface area contributed by atoms with Crippen molar-refractivity contribution in [1.82, 2.24) is 4.90 Å². The minimum absolute atomic E-state index is 0.0168. The number of fused-ring (bicyclic) bond motifs is 1. The molecule has 3 aliphatic heterocycles. The average Bonchev–Trinajstić information content (AvgIpc) is 3.47. The van der Waals surface area contributed by atoms with Crippen molar-refractivity contribution in [2.75, 3.05) is 24.7 Å². The van der Waals surface area contributed by atoms with Crippen molar-refractivity contribution in [3.8, 4) is 0 Å². The molecular weight excluding hydrogens is 540 g/mol. The smallest absolute Gasteiger partial charge is 0.312 e. The van der Waals surface area contributed by atoms with E-state index in [9.17, 15) is 19.5 Å². The molecule has 3 heterocycles. The number of hydrogen-bond acceptors (Lipinski definition) is 6. The van der Waals surface area contributed by atoms with Crippen LogP contribution in [0.15, 0.2) is 43.5 Å². The number of ether oxygens (including phenoxy) is 2. The number of anilines is 1. The van der Waals surface area contributed by atoms with Gasteiger partial charge in [0.25, 0.3) is 5.91 Å². The third kappa shape index (κ3) is 4.34. The predicted octanol–water partition coefficient (Wildman–Crippen LogP) is 3.07. The second-order valence-corrected chi connectivity index (χ2v) is 11.3. The van der Waals surface area contributed by atoms with Gasteiger partial charge < -0.3 is 24.4 Å². The normalized spacial score (nSPS) is 30.7. The van der Waals surface area contributed by atoms with Gasteiger partial charge in [-0.1, -0.05) is 53.7 Å². The van der Waals surface area contributed by atoms with Crippen LogP contribution in [0.5, 0.6) is 0 Å². The molecule has 2 bridgehead atoms. The molecule has 2 amide bonds. The second kappa shape index (κ2) is 10.7. The molecule has 0 radical (unpaired) electrons. The molecule has 1 aromatic carbocycles. The Kier molecular flexibility index (Phi) is 7.97. The van der Waals surface area contributed by atoms with Gasteiger partial charge in [0.2, 0.25) is 5.91 Å². The van der Waals surface area contributed by atoms with Crippen molar-refractivity contribution in [2.24, 2.45) is 11.8 Å². The van der Waals surface area contributed by atoms with E-state index in [1.54, 1.807) is 11.0 Å². The Morgan fingerprint density at radius 3 is 2.70 bits per heavy atom. The molecule has 37 heavy (non-hydrogen) atoms. The lowest BCUT2D eigenvalue weighted by Crippen LogP contribution is -2.59. The largest absolute Gasteiger partial charge is 0.461 e. The number of rotatable bonds is 10. The molecule has 0 saturated carbocycles. The molecule has 7 atom stereocenters. The second-order valence-electron chi connectivity index (χ2n) is 10.1. The average molecular weight is 576 g/mol. The maximum absolute atomic E-state index is 14.6. The molecule has 9 heteroatoms. The number of carbonyl (C=O) groups is 3. The van der Waals surface area contributed by atoms with Gasteiger partial charge >= 0.3 is 5.97 Å². The Morgan fingerprint density at radius 2 is 2.08 bits per heavy atom. The number of hydrogen-bond donors (Lipinski definition) is 1. The zero-order chi connectivity index (χ0) is 27.1. The zero-order valence-electron chi connectivity index (χ0n) is 21.6. The molecule has 3 fully saturated rings. The van der Waals surface area contributed by atoms with Crippen LogP contribution in [0.1, 0.15) is 30.9 Å². The Balaban J connectivity index is 1.85. The summed E-state index contributed by atoms with van der Waals surface area (Å²) in [5, 5.41) is 10.2. The number of amides is 2. The molecule has 1 spiro atoms. The van der Waals surface area contributed by atoms with E-state index in [1.807, 2.05) is 39.0 Å². The van der Waals surface area contributed by atoms with E-state index >= 15 is 0 Å². The highest BCUT2D eigenvalue weighted by Gasteiger charge is 2.77. The van der Waals surface area contributed by atoms with Gasteiger partial charge in [-0.2, -0.15) is 0 Å². The van der Waals surface area contributed by atoms with E-state index < -0.39 is 41.6 Å². The highest BCUT2D eigenvalue weighted by molar-refractivity contribution is 9.09. The summed E-state index contributed by atoms with van der Waals surface area (Å²) in [6.07, 6.45) is 3.33. The van der Waals surface area contributed by atoms with Crippen LogP contribution in [0.2, 0.25) is 0 Å². The first kappa shape index (κ1) is 27.5. The highest BCUT2D eigenvalue weighted by atomic mass is 79.9. The van der Waals surface area contributed by atoms with Gasteiger partial charge in [-0.05, 0) is 43.9 Å². The molecule has 1 aromatic rings. The minimum Gasteiger partial charge on any atom is -0.461 e. The van der Waals surface area contributed by atoms with E-state index in [2.05, 4.69) is 29.1 Å². The first-order valence-corrected chi connectivity index (χ1v) is 13.6. The summed E-state index contributed by atoms with van der Waals surface area (Å²) in [6.45, 7) is 13.1. The Bertz CT molecular complexity index is 1100. The van der Waals surface area contributed by atoms with Crippen molar-refractivity contribution in [3.63, 3.8) is 0 Å². The van der Waals surface area contributed by atoms with Crippen LogP contribution < -0.4 is 4.90 Å². The van der Waals surface area contributed by atoms with Crippen LogP contribution in [0.3, 0.4) is 0 Å². The standard InChI is InChI=1S/C28H35BrN2O6/c1-6-11-30(20-13-16(4)9-10-17(20)5)26(34)24-28-14-19(29)23(37-28)21(27(35)36-12-7-2)22(28)25(33)31(24)18(8-3)15-32/h6-7,9-10,13,18-19,21-24,32H,1-2,8,11-12,14-15H2,3-5H3/t18-,19?,21+,22-,23+,24?,28?/m0/s1. The number of carbonyl (C=O) groups excluding carboxylic acids is 3. The molecular formula is C28H35BrN2O6. The number of aryl methyl sites for hydroxylation is 2. The van der Waals surface area contributed by atoms with E-state index in [1.165, 1.54) is 11.0 Å². The summed E-state index contributed by atoms with van der Waals surface area (Å²) in [4.78, 5) is 44.7. The lowest BCUT2D eigenvalue weighted by Gasteiger charge is -2.39. The van der Waals surface area contributed by atoms with E-state index in [0.29, 0.717) is 12.8 Å². The van der Waals surface area contributed by atoms with E-state index in [-0.39, 0.29) is 36.4 Å². The topological polar surface area (TPSA) is 96.4 Å². The van der Waals surface area contributed by atoms with Gasteiger partial charge in [0.1, 0.15) is 18.2 Å². The van der Waals surface area contributed by atoms with E-state index in [0.717, 1.165) is 16.8 Å². The molecule has 0 aromatic heterocycles. The maximum atomic E-state index is 14.6. The number of nitrogens with zero attached hydrogens (tertiary/aromatic N) is 2. The summed E-state index contributed by atoms with van der Waals surface area (Å²) in [5.41, 5.74) is 1.38. The molecule has 4 rings (SSSR count). The first-order valence-electron chi connectivity index (χ1n) is 12.7. The molecule has 3 saturated heterocycles.